The molecule has 1 unspecified atom stereocenters. The number of hydrogen-bond acceptors (Lipinski definition) is 3. The van der Waals surface area contributed by atoms with Gasteiger partial charge in [-0.25, -0.2) is 4.79 Å². The fourth-order valence-corrected chi connectivity index (χ4v) is 1.49. The van der Waals surface area contributed by atoms with Crippen molar-refractivity contribution in [1.82, 2.24) is 5.32 Å². The van der Waals surface area contributed by atoms with Crippen LogP contribution in [-0.4, -0.2) is 22.5 Å². The molecule has 0 saturated carbocycles. The second kappa shape index (κ2) is 4.69. The zero-order valence-electron chi connectivity index (χ0n) is 8.91. The molecule has 1 atom stereocenters. The Labute approximate surface area is 101 Å². The number of carboxylic acid groups (broad SMARTS) is 1. The zero-order chi connectivity index (χ0) is 12.3. The number of amides is 1. The third-order valence-electron chi connectivity index (χ3n) is 2.43. The fourth-order valence-electron chi connectivity index (χ4n) is 1.07. The lowest BCUT2D eigenvalue weighted by atomic mass is 9.99. The molecule has 16 heavy (non-hydrogen) atoms. The van der Waals surface area contributed by atoms with Gasteiger partial charge in [0.1, 0.15) is 5.54 Å². The second-order valence-corrected chi connectivity index (χ2v) is 4.27. The highest BCUT2D eigenvalue weighted by atomic mass is 79.9. The second-order valence-electron chi connectivity index (χ2n) is 3.55. The Morgan fingerprint density at radius 3 is 2.62 bits per heavy atom. The molecule has 1 aromatic heterocycles. The maximum Gasteiger partial charge on any atom is 0.329 e. The molecule has 0 bridgehead atoms. The van der Waals surface area contributed by atoms with Crippen LogP contribution in [0.5, 0.6) is 0 Å². The summed E-state index contributed by atoms with van der Waals surface area (Å²) >= 11 is 3.06. The van der Waals surface area contributed by atoms with Gasteiger partial charge in [0.2, 0.25) is 0 Å². The largest absolute Gasteiger partial charge is 0.480 e. The number of nitrogens with one attached hydrogen (secondary N) is 1. The SMILES string of the molecule is CCC(C)(NC(=O)c1ccoc1Br)C(=O)O. The molecule has 0 aliphatic carbocycles. The van der Waals surface area contributed by atoms with Gasteiger partial charge >= 0.3 is 5.97 Å². The van der Waals surface area contributed by atoms with Gasteiger partial charge in [-0.15, -0.1) is 0 Å². The van der Waals surface area contributed by atoms with Gasteiger partial charge in [0.15, 0.2) is 4.67 Å². The number of carboxylic acids is 1. The number of carbonyl (C=O) groups is 2. The Kier molecular flexibility index (Phi) is 3.74. The highest BCUT2D eigenvalue weighted by Crippen LogP contribution is 2.19. The van der Waals surface area contributed by atoms with Gasteiger partial charge in [-0.1, -0.05) is 6.92 Å². The molecule has 5 nitrogen and oxygen atoms in total. The van der Waals surface area contributed by atoms with Crippen LogP contribution in [0.25, 0.3) is 0 Å². The zero-order valence-corrected chi connectivity index (χ0v) is 10.5. The van der Waals surface area contributed by atoms with E-state index in [1.54, 1.807) is 6.92 Å². The molecule has 0 radical (unpaired) electrons. The van der Waals surface area contributed by atoms with E-state index < -0.39 is 17.4 Å². The van der Waals surface area contributed by atoms with E-state index in [1.807, 2.05) is 0 Å². The quantitative estimate of drug-likeness (QED) is 0.889. The molecule has 0 spiro atoms. The normalized spacial score (nSPS) is 14.2. The first-order valence-electron chi connectivity index (χ1n) is 4.69. The minimum Gasteiger partial charge on any atom is -0.480 e. The summed E-state index contributed by atoms with van der Waals surface area (Å²) in [5, 5.41) is 11.5. The number of aliphatic carboxylic acids is 1. The van der Waals surface area contributed by atoms with Crippen LogP contribution in [0.1, 0.15) is 30.6 Å². The van der Waals surface area contributed by atoms with Gasteiger partial charge in [-0.2, -0.15) is 0 Å². The van der Waals surface area contributed by atoms with Crippen molar-refractivity contribution in [2.24, 2.45) is 0 Å². The van der Waals surface area contributed by atoms with E-state index in [1.165, 1.54) is 19.3 Å². The summed E-state index contributed by atoms with van der Waals surface area (Å²) in [7, 11) is 0. The number of furan rings is 1. The molecule has 1 rings (SSSR count). The average molecular weight is 290 g/mol. The van der Waals surface area contributed by atoms with E-state index in [0.29, 0.717) is 6.42 Å². The minimum absolute atomic E-state index is 0.279. The number of hydrogen-bond donors (Lipinski definition) is 2. The topological polar surface area (TPSA) is 79.5 Å². The first-order valence-corrected chi connectivity index (χ1v) is 5.49. The Morgan fingerprint density at radius 1 is 1.62 bits per heavy atom. The van der Waals surface area contributed by atoms with E-state index in [9.17, 15) is 9.59 Å². The van der Waals surface area contributed by atoms with Gasteiger partial charge in [0.05, 0.1) is 11.8 Å². The Morgan fingerprint density at radius 2 is 2.25 bits per heavy atom. The van der Waals surface area contributed by atoms with Gasteiger partial charge in [0.25, 0.3) is 5.91 Å². The van der Waals surface area contributed by atoms with E-state index in [-0.39, 0.29) is 10.2 Å². The van der Waals surface area contributed by atoms with Gasteiger partial charge in [-0.3, -0.25) is 4.79 Å². The summed E-state index contributed by atoms with van der Waals surface area (Å²) in [6.07, 6.45) is 1.65. The number of rotatable bonds is 4. The van der Waals surface area contributed by atoms with E-state index in [4.69, 9.17) is 9.52 Å². The molecule has 88 valence electrons. The highest BCUT2D eigenvalue weighted by Gasteiger charge is 2.33. The first-order chi connectivity index (χ1) is 7.40. The van der Waals surface area contributed by atoms with Crippen molar-refractivity contribution in [3.63, 3.8) is 0 Å². The van der Waals surface area contributed by atoms with E-state index in [0.717, 1.165) is 0 Å². The summed E-state index contributed by atoms with van der Waals surface area (Å²) in [6, 6.07) is 1.47. The molecular weight excluding hydrogens is 278 g/mol. The van der Waals surface area contributed by atoms with Crippen LogP contribution in [0.15, 0.2) is 21.4 Å². The summed E-state index contributed by atoms with van der Waals surface area (Å²) in [5.74, 6) is -1.55. The van der Waals surface area contributed by atoms with Crippen LogP contribution in [0.4, 0.5) is 0 Å². The molecule has 0 aromatic carbocycles. The third-order valence-corrected chi connectivity index (χ3v) is 3.05. The Hall–Kier alpha value is -1.30. The van der Waals surface area contributed by atoms with Gasteiger partial charge < -0.3 is 14.8 Å². The molecule has 1 aromatic rings. The summed E-state index contributed by atoms with van der Waals surface area (Å²) in [5.41, 5.74) is -0.991. The fraction of sp³-hybridized carbons (Fsp3) is 0.400. The van der Waals surface area contributed by atoms with Gasteiger partial charge in [-0.05, 0) is 35.3 Å². The lowest BCUT2D eigenvalue weighted by molar-refractivity contribution is -0.143. The molecule has 0 aliphatic heterocycles. The minimum atomic E-state index is -1.27. The molecule has 6 heteroatoms. The van der Waals surface area contributed by atoms with Crippen LogP contribution in [0.3, 0.4) is 0 Å². The van der Waals surface area contributed by atoms with Crippen LogP contribution in [0.2, 0.25) is 0 Å². The van der Waals surface area contributed by atoms with Crippen molar-refractivity contribution in [3.8, 4) is 0 Å². The van der Waals surface area contributed by atoms with Crippen LogP contribution < -0.4 is 5.32 Å². The van der Waals surface area contributed by atoms with Crippen molar-refractivity contribution in [3.05, 3.63) is 22.6 Å². The molecule has 0 fully saturated rings. The van der Waals surface area contributed by atoms with Crippen molar-refractivity contribution in [2.45, 2.75) is 25.8 Å². The van der Waals surface area contributed by atoms with Crippen molar-refractivity contribution in [2.75, 3.05) is 0 Å². The monoisotopic (exact) mass is 289 g/mol. The van der Waals surface area contributed by atoms with Crippen LogP contribution in [0, 0.1) is 0 Å². The third kappa shape index (κ3) is 2.44. The smallest absolute Gasteiger partial charge is 0.329 e. The predicted octanol–water partition coefficient (Wildman–Crippen LogP) is 2.03. The molecule has 0 saturated heterocycles. The lowest BCUT2D eigenvalue weighted by Gasteiger charge is -2.24. The molecular formula is C10H12BrNO4. The Bertz CT molecular complexity index is 415. The van der Waals surface area contributed by atoms with Crippen LogP contribution in [-0.2, 0) is 4.79 Å². The molecule has 0 aliphatic rings. The highest BCUT2D eigenvalue weighted by molar-refractivity contribution is 9.10. The van der Waals surface area contributed by atoms with Crippen molar-refractivity contribution >= 4 is 27.8 Å². The van der Waals surface area contributed by atoms with E-state index in [2.05, 4.69) is 21.2 Å². The molecule has 1 amide bonds. The first kappa shape index (κ1) is 12.8. The Balaban J connectivity index is 2.86. The summed E-state index contributed by atoms with van der Waals surface area (Å²) in [4.78, 5) is 22.7. The maximum absolute atomic E-state index is 11.7. The lowest BCUT2D eigenvalue weighted by Crippen LogP contribution is -2.51. The van der Waals surface area contributed by atoms with Gasteiger partial charge in [0, 0.05) is 0 Å². The van der Waals surface area contributed by atoms with E-state index >= 15 is 0 Å². The van der Waals surface area contributed by atoms with Crippen molar-refractivity contribution in [1.29, 1.82) is 0 Å². The molecule has 2 N–H and O–H groups in total. The summed E-state index contributed by atoms with van der Waals surface area (Å²) in [6.45, 7) is 3.15. The standard InChI is InChI=1S/C10H12BrNO4/c1-3-10(2,9(14)15)12-8(13)6-4-5-16-7(6)11/h4-5H,3H2,1-2H3,(H,12,13)(H,14,15). The summed E-state index contributed by atoms with van der Waals surface area (Å²) < 4.78 is 5.19. The molecule has 1 heterocycles. The van der Waals surface area contributed by atoms with Crippen LogP contribution >= 0.6 is 15.9 Å². The number of halogens is 1. The number of carbonyl (C=O) groups excluding carboxylic acids is 1. The predicted molar refractivity (Wildman–Crippen MR) is 60.2 cm³/mol. The van der Waals surface area contributed by atoms with Crippen molar-refractivity contribution < 1.29 is 19.1 Å². The maximum atomic E-state index is 11.7. The average Bonchev–Trinajstić information content (AvgIpc) is 2.64.